The molecule has 2 amide bonds. The van der Waals surface area contributed by atoms with Crippen molar-refractivity contribution in [2.24, 2.45) is 0 Å². The fourth-order valence-corrected chi connectivity index (χ4v) is 4.69. The lowest BCUT2D eigenvalue weighted by Crippen LogP contribution is -2.29. The standard InChI is InChI=1S/C30H28N2O6/c1-17(33)31-21-10-12-22(13-11-21)32-26(18-5-8-20(9-6-18)30(2,3)4)25(28(35)29(32)36)27(34)19-7-14-23-24(15-19)38-16-37-23/h5-15,26,34H,16H2,1-4H3,(H,31,33)/b27-25-. The quantitative estimate of drug-likeness (QED) is 0.279. The maximum Gasteiger partial charge on any atom is 0.300 e. The number of carbonyl (C=O) groups is 3. The number of hydrogen-bond donors (Lipinski definition) is 2. The summed E-state index contributed by atoms with van der Waals surface area (Å²) in [5.41, 5.74) is 3.00. The SMILES string of the molecule is CC(=O)Nc1ccc(N2C(=O)C(=O)/C(=C(\O)c3ccc4c(c3)OCO4)C2c2ccc(C(C)(C)C)cc2)cc1. The Morgan fingerprint density at radius 3 is 2.24 bits per heavy atom. The number of nitrogens with zero attached hydrogens (tertiary/aromatic N) is 1. The van der Waals surface area contributed by atoms with Crippen molar-refractivity contribution < 1.29 is 29.0 Å². The summed E-state index contributed by atoms with van der Waals surface area (Å²) in [6, 6.07) is 18.3. The number of aliphatic hydroxyl groups excluding tert-OH is 1. The average molecular weight is 513 g/mol. The van der Waals surface area contributed by atoms with Crippen LogP contribution < -0.4 is 19.7 Å². The van der Waals surface area contributed by atoms with E-state index in [2.05, 4.69) is 26.1 Å². The number of Topliss-reactive ketones (excluding diaryl/α,β-unsaturated/α-hetero) is 1. The molecule has 0 aromatic heterocycles. The van der Waals surface area contributed by atoms with Crippen molar-refractivity contribution in [1.82, 2.24) is 0 Å². The first-order chi connectivity index (χ1) is 18.0. The van der Waals surface area contributed by atoms with Crippen molar-refractivity contribution in [2.45, 2.75) is 39.2 Å². The molecule has 1 fully saturated rings. The summed E-state index contributed by atoms with van der Waals surface area (Å²) in [5, 5.41) is 14.1. The smallest absolute Gasteiger partial charge is 0.300 e. The zero-order valence-corrected chi connectivity index (χ0v) is 21.6. The van der Waals surface area contributed by atoms with Crippen molar-refractivity contribution in [2.75, 3.05) is 17.0 Å². The van der Waals surface area contributed by atoms with E-state index in [-0.39, 0.29) is 29.4 Å². The number of benzene rings is 3. The maximum atomic E-state index is 13.4. The molecule has 5 rings (SSSR count). The molecule has 1 unspecified atom stereocenters. The van der Waals surface area contributed by atoms with E-state index < -0.39 is 17.7 Å². The van der Waals surface area contributed by atoms with Crippen molar-refractivity contribution >= 4 is 34.7 Å². The molecule has 3 aromatic carbocycles. The zero-order chi connectivity index (χ0) is 27.2. The van der Waals surface area contributed by atoms with E-state index in [0.29, 0.717) is 34.0 Å². The van der Waals surface area contributed by atoms with Crippen molar-refractivity contribution in [1.29, 1.82) is 0 Å². The van der Waals surface area contributed by atoms with E-state index in [1.165, 1.54) is 11.8 Å². The highest BCUT2D eigenvalue weighted by Crippen LogP contribution is 2.44. The van der Waals surface area contributed by atoms with Crippen LogP contribution in [0, 0.1) is 0 Å². The summed E-state index contributed by atoms with van der Waals surface area (Å²) in [7, 11) is 0. The third kappa shape index (κ3) is 4.49. The third-order valence-electron chi connectivity index (χ3n) is 6.65. The lowest BCUT2D eigenvalue weighted by atomic mass is 9.85. The van der Waals surface area contributed by atoms with E-state index in [9.17, 15) is 19.5 Å². The van der Waals surface area contributed by atoms with Gasteiger partial charge in [0.05, 0.1) is 11.6 Å². The number of rotatable bonds is 4. The summed E-state index contributed by atoms with van der Waals surface area (Å²) in [6.07, 6.45) is 0. The van der Waals surface area contributed by atoms with E-state index in [0.717, 1.165) is 5.56 Å². The van der Waals surface area contributed by atoms with Crippen LogP contribution in [0.5, 0.6) is 11.5 Å². The average Bonchev–Trinajstić information content (AvgIpc) is 3.45. The van der Waals surface area contributed by atoms with Crippen LogP contribution in [-0.2, 0) is 19.8 Å². The molecule has 0 bridgehead atoms. The van der Waals surface area contributed by atoms with Gasteiger partial charge in [-0.25, -0.2) is 0 Å². The van der Waals surface area contributed by atoms with Crippen LogP contribution in [0.25, 0.3) is 5.76 Å². The van der Waals surface area contributed by atoms with E-state index in [1.54, 1.807) is 42.5 Å². The first-order valence-corrected chi connectivity index (χ1v) is 12.2. The number of hydrogen-bond acceptors (Lipinski definition) is 6. The molecular formula is C30H28N2O6. The molecule has 2 heterocycles. The number of nitrogens with one attached hydrogen (secondary N) is 1. The van der Waals surface area contributed by atoms with Gasteiger partial charge in [0.2, 0.25) is 12.7 Å². The molecule has 8 nitrogen and oxygen atoms in total. The van der Waals surface area contributed by atoms with Crippen LogP contribution in [0.15, 0.2) is 72.3 Å². The second kappa shape index (κ2) is 9.37. The molecule has 38 heavy (non-hydrogen) atoms. The van der Waals surface area contributed by atoms with Crippen LogP contribution in [0.4, 0.5) is 11.4 Å². The predicted octanol–water partition coefficient (Wildman–Crippen LogP) is 5.30. The van der Waals surface area contributed by atoms with Gasteiger partial charge in [0.15, 0.2) is 11.5 Å². The minimum Gasteiger partial charge on any atom is -0.507 e. The van der Waals surface area contributed by atoms with Crippen molar-refractivity contribution in [3.05, 3.63) is 89.0 Å². The lowest BCUT2D eigenvalue weighted by Gasteiger charge is -2.27. The Morgan fingerprint density at radius 1 is 0.947 bits per heavy atom. The Labute approximate surface area is 220 Å². The zero-order valence-electron chi connectivity index (χ0n) is 21.6. The number of amides is 2. The van der Waals surface area contributed by atoms with Crippen molar-refractivity contribution in [3.8, 4) is 11.5 Å². The molecule has 194 valence electrons. The summed E-state index contributed by atoms with van der Waals surface area (Å²) in [5.74, 6) is -1.09. The van der Waals surface area contributed by atoms with Gasteiger partial charge in [-0.3, -0.25) is 19.3 Å². The molecule has 0 saturated carbocycles. The number of ketones is 1. The fraction of sp³-hybridized carbons (Fsp3) is 0.233. The molecule has 1 atom stereocenters. The first kappa shape index (κ1) is 25.1. The van der Waals surface area contributed by atoms with Crippen LogP contribution in [0.3, 0.4) is 0 Å². The van der Waals surface area contributed by atoms with Crippen LogP contribution in [-0.4, -0.2) is 29.5 Å². The highest BCUT2D eigenvalue weighted by atomic mass is 16.7. The second-order valence-electron chi connectivity index (χ2n) is 10.3. The molecule has 0 spiro atoms. The minimum absolute atomic E-state index is 0.0247. The van der Waals surface area contributed by atoms with E-state index in [1.807, 2.05) is 24.3 Å². The number of aliphatic hydroxyl groups is 1. The van der Waals surface area contributed by atoms with Gasteiger partial charge in [-0.1, -0.05) is 45.0 Å². The Bertz CT molecular complexity index is 1470. The van der Waals surface area contributed by atoms with Gasteiger partial charge in [-0.05, 0) is 59.0 Å². The van der Waals surface area contributed by atoms with Crippen LogP contribution >= 0.6 is 0 Å². The maximum absolute atomic E-state index is 13.4. The molecule has 1 saturated heterocycles. The van der Waals surface area contributed by atoms with Crippen LogP contribution in [0.1, 0.15) is 50.4 Å². The van der Waals surface area contributed by atoms with E-state index in [4.69, 9.17) is 9.47 Å². The van der Waals surface area contributed by atoms with Gasteiger partial charge in [0.25, 0.3) is 11.7 Å². The van der Waals surface area contributed by atoms with Gasteiger partial charge in [-0.15, -0.1) is 0 Å². The van der Waals surface area contributed by atoms with Crippen molar-refractivity contribution in [3.63, 3.8) is 0 Å². The van der Waals surface area contributed by atoms with Gasteiger partial charge in [0.1, 0.15) is 5.76 Å². The molecule has 2 aliphatic heterocycles. The fourth-order valence-electron chi connectivity index (χ4n) is 4.69. The highest BCUT2D eigenvalue weighted by Gasteiger charge is 2.47. The molecule has 2 aliphatic rings. The molecule has 0 radical (unpaired) electrons. The third-order valence-corrected chi connectivity index (χ3v) is 6.65. The Hall–Kier alpha value is -4.59. The van der Waals surface area contributed by atoms with E-state index >= 15 is 0 Å². The van der Waals surface area contributed by atoms with Gasteiger partial charge in [0, 0.05) is 23.9 Å². The summed E-state index contributed by atoms with van der Waals surface area (Å²) < 4.78 is 10.8. The van der Waals surface area contributed by atoms with Gasteiger partial charge < -0.3 is 19.9 Å². The second-order valence-corrected chi connectivity index (χ2v) is 10.3. The van der Waals surface area contributed by atoms with Crippen LogP contribution in [0.2, 0.25) is 0 Å². The monoisotopic (exact) mass is 512 g/mol. The topological polar surface area (TPSA) is 105 Å². The molecule has 2 N–H and O–H groups in total. The predicted molar refractivity (Wildman–Crippen MR) is 143 cm³/mol. The summed E-state index contributed by atoms with van der Waals surface area (Å²) in [6.45, 7) is 7.78. The highest BCUT2D eigenvalue weighted by molar-refractivity contribution is 6.51. The molecular weight excluding hydrogens is 484 g/mol. The summed E-state index contributed by atoms with van der Waals surface area (Å²) >= 11 is 0. The number of fused-ring (bicyclic) bond motifs is 1. The van der Waals surface area contributed by atoms with Gasteiger partial charge in [-0.2, -0.15) is 0 Å². The Morgan fingerprint density at radius 2 is 1.61 bits per heavy atom. The first-order valence-electron chi connectivity index (χ1n) is 12.2. The number of anilines is 2. The lowest BCUT2D eigenvalue weighted by molar-refractivity contribution is -0.132. The largest absolute Gasteiger partial charge is 0.507 e. The number of ether oxygens (including phenoxy) is 2. The Balaban J connectivity index is 1.65. The summed E-state index contributed by atoms with van der Waals surface area (Å²) in [4.78, 5) is 39.7. The molecule has 3 aromatic rings. The minimum atomic E-state index is -0.874. The number of carbonyl (C=O) groups excluding carboxylic acids is 3. The normalized spacial score (nSPS) is 18.1. The van der Waals surface area contributed by atoms with Gasteiger partial charge >= 0.3 is 0 Å². The molecule has 0 aliphatic carbocycles. The Kier molecular flexibility index (Phi) is 6.18. The molecule has 8 heteroatoms.